The molecule has 4 heteroatoms. The molecule has 0 atom stereocenters. The van der Waals surface area contributed by atoms with E-state index < -0.39 is 0 Å². The number of para-hydroxylation sites is 2. The molecule has 0 N–H and O–H groups in total. The molecule has 4 nitrogen and oxygen atoms in total. The molecular formula is C23H28N2O2. The molecule has 0 bridgehead atoms. The summed E-state index contributed by atoms with van der Waals surface area (Å²) < 4.78 is 5.58. The number of hydrogen-bond acceptors (Lipinski definition) is 3. The lowest BCUT2D eigenvalue weighted by Gasteiger charge is -2.51. The van der Waals surface area contributed by atoms with Crippen molar-refractivity contribution in [2.75, 3.05) is 25.1 Å². The number of ether oxygens (including phenoxy) is 1. The highest BCUT2D eigenvalue weighted by atomic mass is 16.5. The average Bonchev–Trinajstić information content (AvgIpc) is 2.71. The fourth-order valence-electron chi connectivity index (χ4n) is 4.70. The summed E-state index contributed by atoms with van der Waals surface area (Å²) in [7, 11) is 1.68. The molecular weight excluding hydrogens is 336 g/mol. The van der Waals surface area contributed by atoms with Crippen LogP contribution in [0.25, 0.3) is 0 Å². The van der Waals surface area contributed by atoms with Gasteiger partial charge in [-0.05, 0) is 43.4 Å². The average molecular weight is 364 g/mol. The molecule has 2 aliphatic rings. The van der Waals surface area contributed by atoms with Gasteiger partial charge in [0.25, 0.3) is 0 Å². The van der Waals surface area contributed by atoms with Gasteiger partial charge in [0.2, 0.25) is 5.91 Å². The Labute approximate surface area is 161 Å². The number of carbonyl (C=O) groups excluding carboxylic acids is 1. The second-order valence-electron chi connectivity index (χ2n) is 7.74. The maximum atomic E-state index is 13.0. The first kappa shape index (κ1) is 18.1. The number of piperidine rings is 2. The molecule has 2 fully saturated rings. The molecule has 0 aromatic heterocycles. The lowest BCUT2D eigenvalue weighted by atomic mass is 9.77. The zero-order valence-corrected chi connectivity index (χ0v) is 16.1. The Hall–Kier alpha value is -2.33. The Balaban J connectivity index is 1.55. The smallest absolute Gasteiger partial charge is 0.227 e. The van der Waals surface area contributed by atoms with Gasteiger partial charge in [0.05, 0.1) is 18.3 Å². The van der Waals surface area contributed by atoms with Gasteiger partial charge in [0, 0.05) is 26.1 Å². The summed E-state index contributed by atoms with van der Waals surface area (Å²) in [5.41, 5.74) is 2.22. The van der Waals surface area contributed by atoms with Gasteiger partial charge in [-0.2, -0.15) is 0 Å². The van der Waals surface area contributed by atoms with E-state index in [1.807, 2.05) is 24.3 Å². The van der Waals surface area contributed by atoms with Crippen molar-refractivity contribution in [1.29, 1.82) is 0 Å². The number of hydrogen-bond donors (Lipinski definition) is 0. The second kappa shape index (κ2) is 7.73. The van der Waals surface area contributed by atoms with Gasteiger partial charge in [-0.3, -0.25) is 9.69 Å². The first-order valence-corrected chi connectivity index (χ1v) is 9.94. The molecule has 2 saturated heterocycles. The van der Waals surface area contributed by atoms with Crippen LogP contribution < -0.4 is 9.64 Å². The number of anilines is 1. The van der Waals surface area contributed by atoms with Crippen molar-refractivity contribution in [3.63, 3.8) is 0 Å². The minimum atomic E-state index is -0.0723. The normalized spacial score (nSPS) is 20.0. The number of carbonyl (C=O) groups is 1. The highest BCUT2D eigenvalue weighted by Gasteiger charge is 2.45. The van der Waals surface area contributed by atoms with Crippen LogP contribution >= 0.6 is 0 Å². The maximum Gasteiger partial charge on any atom is 0.227 e. The van der Waals surface area contributed by atoms with Gasteiger partial charge in [0.15, 0.2) is 0 Å². The Morgan fingerprint density at radius 2 is 1.67 bits per heavy atom. The summed E-state index contributed by atoms with van der Waals surface area (Å²) in [5.74, 6) is 1.03. The number of amides is 1. The summed E-state index contributed by atoms with van der Waals surface area (Å²) in [6, 6.07) is 18.6. The third kappa shape index (κ3) is 3.59. The quantitative estimate of drug-likeness (QED) is 0.813. The van der Waals surface area contributed by atoms with Crippen LogP contribution in [-0.4, -0.2) is 36.5 Å². The number of benzene rings is 2. The van der Waals surface area contributed by atoms with Crippen LogP contribution in [0, 0.1) is 0 Å². The summed E-state index contributed by atoms with van der Waals surface area (Å²) in [4.78, 5) is 17.6. The van der Waals surface area contributed by atoms with Gasteiger partial charge >= 0.3 is 0 Å². The van der Waals surface area contributed by atoms with Crippen LogP contribution in [-0.2, 0) is 11.3 Å². The third-order valence-corrected chi connectivity index (χ3v) is 6.12. The van der Waals surface area contributed by atoms with Crippen molar-refractivity contribution < 1.29 is 9.53 Å². The molecule has 2 aromatic rings. The number of nitrogens with zero attached hydrogens (tertiary/aromatic N) is 2. The van der Waals surface area contributed by atoms with Crippen LogP contribution in [0.3, 0.4) is 0 Å². The van der Waals surface area contributed by atoms with Crippen LogP contribution in [0.4, 0.5) is 5.69 Å². The molecule has 2 aliphatic heterocycles. The van der Waals surface area contributed by atoms with Gasteiger partial charge in [-0.1, -0.05) is 42.5 Å². The van der Waals surface area contributed by atoms with E-state index in [0.29, 0.717) is 6.42 Å². The Kier molecular flexibility index (Phi) is 5.17. The minimum Gasteiger partial charge on any atom is -0.495 e. The van der Waals surface area contributed by atoms with Crippen molar-refractivity contribution in [3.8, 4) is 5.75 Å². The molecule has 27 heavy (non-hydrogen) atoms. The van der Waals surface area contributed by atoms with Crippen LogP contribution in [0.5, 0.6) is 5.75 Å². The molecule has 1 amide bonds. The highest BCUT2D eigenvalue weighted by molar-refractivity contribution is 5.97. The van der Waals surface area contributed by atoms with Crippen LogP contribution in [0.2, 0.25) is 0 Å². The van der Waals surface area contributed by atoms with E-state index in [2.05, 4.69) is 40.1 Å². The zero-order valence-electron chi connectivity index (χ0n) is 16.1. The zero-order chi connectivity index (χ0) is 18.7. The fourth-order valence-corrected chi connectivity index (χ4v) is 4.70. The predicted octanol–water partition coefficient (Wildman–Crippen LogP) is 4.25. The van der Waals surface area contributed by atoms with E-state index in [9.17, 15) is 4.79 Å². The van der Waals surface area contributed by atoms with Gasteiger partial charge in [-0.25, -0.2) is 0 Å². The molecule has 142 valence electrons. The highest BCUT2D eigenvalue weighted by Crippen LogP contribution is 2.44. The molecule has 1 spiro atoms. The molecule has 0 radical (unpaired) electrons. The van der Waals surface area contributed by atoms with E-state index in [1.54, 1.807) is 7.11 Å². The summed E-state index contributed by atoms with van der Waals surface area (Å²) >= 11 is 0. The third-order valence-electron chi connectivity index (χ3n) is 6.12. The van der Waals surface area contributed by atoms with Crippen molar-refractivity contribution in [2.45, 2.75) is 44.2 Å². The summed E-state index contributed by atoms with van der Waals surface area (Å²) in [6.45, 7) is 3.03. The Morgan fingerprint density at radius 1 is 0.963 bits per heavy atom. The van der Waals surface area contributed by atoms with Crippen molar-refractivity contribution in [3.05, 3.63) is 60.2 Å². The maximum absolute atomic E-state index is 13.0. The molecule has 0 unspecified atom stereocenters. The first-order chi connectivity index (χ1) is 13.2. The Morgan fingerprint density at radius 3 is 2.41 bits per heavy atom. The van der Waals surface area contributed by atoms with Crippen LogP contribution in [0.15, 0.2) is 54.6 Å². The second-order valence-corrected chi connectivity index (χ2v) is 7.74. The molecule has 2 aromatic carbocycles. The predicted molar refractivity (Wildman–Crippen MR) is 108 cm³/mol. The number of methoxy groups -OCH3 is 1. The van der Waals surface area contributed by atoms with E-state index in [-0.39, 0.29) is 11.4 Å². The lowest BCUT2D eigenvalue weighted by Crippen LogP contribution is -2.59. The van der Waals surface area contributed by atoms with Crippen molar-refractivity contribution in [1.82, 2.24) is 4.90 Å². The van der Waals surface area contributed by atoms with Gasteiger partial charge in [0.1, 0.15) is 5.75 Å². The standard InChI is InChI=1S/C23H28N2O2/c1-27-21-11-6-5-10-20(21)25-22(26)12-7-13-23(25)14-16-24(17-15-23)18-19-8-3-2-4-9-19/h2-6,8-11H,7,12-18H2,1H3. The topological polar surface area (TPSA) is 32.8 Å². The van der Waals surface area contributed by atoms with E-state index >= 15 is 0 Å². The van der Waals surface area contributed by atoms with Crippen LogP contribution in [0.1, 0.15) is 37.7 Å². The van der Waals surface area contributed by atoms with E-state index in [4.69, 9.17) is 4.74 Å². The van der Waals surface area contributed by atoms with E-state index in [1.165, 1.54) is 5.56 Å². The van der Waals surface area contributed by atoms with Gasteiger partial charge in [-0.15, -0.1) is 0 Å². The SMILES string of the molecule is COc1ccccc1N1C(=O)CCCC12CCN(Cc1ccccc1)CC2. The summed E-state index contributed by atoms with van der Waals surface area (Å²) in [6.07, 6.45) is 4.74. The molecule has 2 heterocycles. The van der Waals surface area contributed by atoms with Crippen molar-refractivity contribution in [2.24, 2.45) is 0 Å². The monoisotopic (exact) mass is 364 g/mol. The lowest BCUT2D eigenvalue weighted by molar-refractivity contribution is -0.122. The van der Waals surface area contributed by atoms with E-state index in [0.717, 1.165) is 56.8 Å². The largest absolute Gasteiger partial charge is 0.495 e. The minimum absolute atomic E-state index is 0.0723. The fraction of sp³-hybridized carbons (Fsp3) is 0.435. The Bertz CT molecular complexity index is 782. The summed E-state index contributed by atoms with van der Waals surface area (Å²) in [5, 5.41) is 0. The van der Waals surface area contributed by atoms with Crippen molar-refractivity contribution >= 4 is 11.6 Å². The number of likely N-dealkylation sites (tertiary alicyclic amines) is 1. The number of rotatable bonds is 4. The molecule has 0 aliphatic carbocycles. The van der Waals surface area contributed by atoms with Gasteiger partial charge < -0.3 is 9.64 Å². The molecule has 4 rings (SSSR count). The molecule has 0 saturated carbocycles. The first-order valence-electron chi connectivity index (χ1n) is 9.94.